The molecular formula is C20H23N4O2S+. The van der Waals surface area contributed by atoms with Crippen LogP contribution in [-0.2, 0) is 4.79 Å². The molecule has 1 unspecified atom stereocenters. The Morgan fingerprint density at radius 2 is 1.93 bits per heavy atom. The van der Waals surface area contributed by atoms with Gasteiger partial charge in [-0.05, 0) is 37.4 Å². The van der Waals surface area contributed by atoms with Gasteiger partial charge in [-0.15, -0.1) is 11.8 Å². The molecule has 0 aliphatic carbocycles. The van der Waals surface area contributed by atoms with Crippen molar-refractivity contribution in [3.05, 3.63) is 64.7 Å². The van der Waals surface area contributed by atoms with E-state index in [-0.39, 0.29) is 24.1 Å². The Balaban J connectivity index is 1.73. The molecule has 3 N–H and O–H groups in total. The van der Waals surface area contributed by atoms with Crippen molar-refractivity contribution in [3.63, 3.8) is 0 Å². The molecule has 0 aliphatic rings. The van der Waals surface area contributed by atoms with Crippen LogP contribution >= 0.6 is 11.8 Å². The average Bonchev–Trinajstić information content (AvgIpc) is 2.67. The van der Waals surface area contributed by atoms with Crippen LogP contribution in [0.1, 0.15) is 18.8 Å². The molecule has 0 spiro atoms. The number of para-hydroxylation sites is 2. The van der Waals surface area contributed by atoms with Gasteiger partial charge in [-0.3, -0.25) is 9.59 Å². The summed E-state index contributed by atoms with van der Waals surface area (Å²) < 4.78 is 0. The number of aromatic nitrogens is 2. The first-order valence-electron chi connectivity index (χ1n) is 8.73. The lowest BCUT2D eigenvalue weighted by Crippen LogP contribution is -3.10. The zero-order valence-corrected chi connectivity index (χ0v) is 16.4. The highest BCUT2D eigenvalue weighted by atomic mass is 32.2. The Morgan fingerprint density at radius 3 is 2.70 bits per heavy atom. The third-order valence-corrected chi connectivity index (χ3v) is 5.40. The maximum Gasteiger partial charge on any atom is 0.279 e. The number of nitrogens with one attached hydrogen (secondary N) is 3. The van der Waals surface area contributed by atoms with E-state index < -0.39 is 0 Å². The molecule has 7 heteroatoms. The van der Waals surface area contributed by atoms with E-state index in [4.69, 9.17) is 0 Å². The smallest absolute Gasteiger partial charge is 0.279 e. The zero-order chi connectivity index (χ0) is 19.4. The highest BCUT2D eigenvalue weighted by molar-refractivity contribution is 7.98. The molecule has 0 saturated carbocycles. The molecule has 3 rings (SSSR count). The molecule has 3 aromatic rings. The fraction of sp³-hybridized carbons (Fsp3) is 0.250. The van der Waals surface area contributed by atoms with Gasteiger partial charge in [-0.25, -0.2) is 4.98 Å². The fourth-order valence-corrected chi connectivity index (χ4v) is 3.45. The number of H-pyrrole nitrogens is 1. The van der Waals surface area contributed by atoms with Crippen molar-refractivity contribution in [3.8, 4) is 0 Å². The van der Waals surface area contributed by atoms with E-state index in [9.17, 15) is 9.59 Å². The minimum atomic E-state index is -0.159. The van der Waals surface area contributed by atoms with Gasteiger partial charge < -0.3 is 15.2 Å². The Labute approximate surface area is 162 Å². The summed E-state index contributed by atoms with van der Waals surface area (Å²) in [4.78, 5) is 34.1. The number of nitrogens with zero attached hydrogens (tertiary/aromatic N) is 1. The SMILES string of the molecule is CSc1ccccc1NC(=O)C[NH+](C)[C@@H](C)c1nc2ccccc2c(=O)[nH]1. The van der Waals surface area contributed by atoms with Gasteiger partial charge in [0, 0.05) is 4.90 Å². The first-order chi connectivity index (χ1) is 13.0. The van der Waals surface area contributed by atoms with Crippen molar-refractivity contribution in [2.45, 2.75) is 17.9 Å². The minimum absolute atomic E-state index is 0.0796. The maximum absolute atomic E-state index is 12.5. The van der Waals surface area contributed by atoms with Gasteiger partial charge >= 0.3 is 0 Å². The maximum atomic E-state index is 12.5. The number of carbonyl (C=O) groups is 1. The molecule has 0 saturated heterocycles. The van der Waals surface area contributed by atoms with Crippen LogP contribution in [0.5, 0.6) is 0 Å². The summed E-state index contributed by atoms with van der Waals surface area (Å²) in [6.45, 7) is 2.21. The van der Waals surface area contributed by atoms with Crippen molar-refractivity contribution in [2.75, 3.05) is 25.2 Å². The summed E-state index contributed by atoms with van der Waals surface area (Å²) in [5.41, 5.74) is 1.32. The Morgan fingerprint density at radius 1 is 1.22 bits per heavy atom. The molecule has 6 nitrogen and oxygen atoms in total. The Kier molecular flexibility index (Phi) is 5.93. The molecule has 0 fully saturated rings. The number of likely N-dealkylation sites (N-methyl/N-ethyl adjacent to an activating group) is 1. The number of amides is 1. The van der Waals surface area contributed by atoms with E-state index in [0.717, 1.165) is 15.5 Å². The van der Waals surface area contributed by atoms with Gasteiger partial charge in [0.2, 0.25) is 0 Å². The van der Waals surface area contributed by atoms with E-state index in [1.54, 1.807) is 17.8 Å². The zero-order valence-electron chi connectivity index (χ0n) is 15.6. The van der Waals surface area contributed by atoms with E-state index in [2.05, 4.69) is 15.3 Å². The van der Waals surface area contributed by atoms with Crippen molar-refractivity contribution in [2.24, 2.45) is 0 Å². The third-order valence-electron chi connectivity index (χ3n) is 4.60. The second-order valence-corrected chi connectivity index (χ2v) is 7.31. The van der Waals surface area contributed by atoms with Crippen molar-refractivity contribution in [1.82, 2.24) is 9.97 Å². The topological polar surface area (TPSA) is 79.3 Å². The second-order valence-electron chi connectivity index (χ2n) is 6.46. The molecule has 27 heavy (non-hydrogen) atoms. The predicted molar refractivity (Wildman–Crippen MR) is 109 cm³/mol. The van der Waals surface area contributed by atoms with Crippen LogP contribution < -0.4 is 15.8 Å². The first-order valence-corrected chi connectivity index (χ1v) is 9.96. The molecule has 1 amide bonds. The molecule has 2 atom stereocenters. The van der Waals surface area contributed by atoms with Crippen LogP contribution in [0.2, 0.25) is 0 Å². The molecule has 1 heterocycles. The predicted octanol–water partition coefficient (Wildman–Crippen LogP) is 1.86. The molecule has 0 radical (unpaired) electrons. The molecule has 0 aliphatic heterocycles. The van der Waals surface area contributed by atoms with Crippen LogP contribution in [0, 0.1) is 0 Å². The Bertz CT molecular complexity index is 1020. The monoisotopic (exact) mass is 383 g/mol. The number of benzene rings is 2. The third kappa shape index (κ3) is 4.37. The highest BCUT2D eigenvalue weighted by Gasteiger charge is 2.22. The van der Waals surface area contributed by atoms with E-state index in [1.807, 2.05) is 62.7 Å². The van der Waals surface area contributed by atoms with E-state index >= 15 is 0 Å². The summed E-state index contributed by atoms with van der Waals surface area (Å²) in [6, 6.07) is 14.8. The summed E-state index contributed by atoms with van der Waals surface area (Å²) in [6.07, 6.45) is 1.98. The van der Waals surface area contributed by atoms with Gasteiger partial charge in [0.25, 0.3) is 11.5 Å². The van der Waals surface area contributed by atoms with Crippen molar-refractivity contribution < 1.29 is 9.69 Å². The lowest BCUT2D eigenvalue weighted by molar-refractivity contribution is -0.902. The lowest BCUT2D eigenvalue weighted by atomic mass is 10.2. The summed E-state index contributed by atoms with van der Waals surface area (Å²) in [7, 11) is 1.92. The standard InChI is InChI=1S/C20H22N4O2S/c1-13(19-22-15-9-5-4-8-14(15)20(26)23-19)24(2)12-18(25)21-16-10-6-7-11-17(16)27-3/h4-11,13H,12H2,1-3H3,(H,21,25)(H,22,23,26)/p+1/t13-/m0/s1. The molecule has 1 aromatic heterocycles. The van der Waals surface area contributed by atoms with Gasteiger partial charge in [-0.1, -0.05) is 24.3 Å². The molecule has 0 bridgehead atoms. The largest absolute Gasteiger partial charge is 0.321 e. The van der Waals surface area contributed by atoms with Crippen LogP contribution in [-0.4, -0.2) is 35.7 Å². The number of hydrogen-bond donors (Lipinski definition) is 3. The summed E-state index contributed by atoms with van der Waals surface area (Å²) >= 11 is 1.59. The number of carbonyl (C=O) groups excluding carboxylic acids is 1. The molecule has 140 valence electrons. The molecular weight excluding hydrogens is 360 g/mol. The van der Waals surface area contributed by atoms with Crippen LogP contribution in [0.25, 0.3) is 10.9 Å². The molecule has 2 aromatic carbocycles. The van der Waals surface area contributed by atoms with Gasteiger partial charge in [0.15, 0.2) is 12.4 Å². The van der Waals surface area contributed by atoms with Crippen LogP contribution in [0.4, 0.5) is 5.69 Å². The number of hydrogen-bond acceptors (Lipinski definition) is 4. The van der Waals surface area contributed by atoms with E-state index in [0.29, 0.717) is 16.7 Å². The number of quaternary nitrogens is 1. The number of aromatic amines is 1. The first kappa shape index (κ1) is 19.1. The fourth-order valence-electron chi connectivity index (χ4n) is 2.89. The number of fused-ring (bicyclic) bond motifs is 1. The average molecular weight is 383 g/mol. The van der Waals surface area contributed by atoms with Gasteiger partial charge in [0.05, 0.1) is 23.6 Å². The van der Waals surface area contributed by atoms with Gasteiger partial charge in [0.1, 0.15) is 6.04 Å². The summed E-state index contributed by atoms with van der Waals surface area (Å²) in [5.74, 6) is 0.498. The van der Waals surface area contributed by atoms with Crippen LogP contribution in [0.3, 0.4) is 0 Å². The van der Waals surface area contributed by atoms with Gasteiger partial charge in [-0.2, -0.15) is 0 Å². The number of anilines is 1. The quantitative estimate of drug-likeness (QED) is 0.568. The second kappa shape index (κ2) is 8.37. The highest BCUT2D eigenvalue weighted by Crippen LogP contribution is 2.24. The number of rotatable bonds is 6. The minimum Gasteiger partial charge on any atom is -0.321 e. The Hall–Kier alpha value is -2.64. The lowest BCUT2D eigenvalue weighted by Gasteiger charge is -2.21. The summed E-state index contributed by atoms with van der Waals surface area (Å²) in [5, 5.41) is 3.53. The van der Waals surface area contributed by atoms with E-state index in [1.165, 1.54) is 0 Å². The van der Waals surface area contributed by atoms with Crippen molar-refractivity contribution in [1.29, 1.82) is 0 Å². The normalized spacial score (nSPS) is 13.3. The van der Waals surface area contributed by atoms with Crippen molar-refractivity contribution >= 4 is 34.3 Å². The van der Waals surface area contributed by atoms with Crippen LogP contribution in [0.15, 0.2) is 58.2 Å². The number of thioether (sulfide) groups is 1.